The van der Waals surface area contributed by atoms with Crippen LogP contribution in [0.5, 0.6) is 0 Å². The molecular formula is C20H23BrN2O4S. The predicted octanol–water partition coefficient (Wildman–Crippen LogP) is 3.54. The lowest BCUT2D eigenvalue weighted by atomic mass is 10.1. The number of carbonyl (C=O) groups excluding carboxylic acids is 1. The lowest BCUT2D eigenvalue weighted by Crippen LogP contribution is -2.48. The van der Waals surface area contributed by atoms with Crippen LogP contribution in [0.15, 0.2) is 57.9 Å². The van der Waals surface area contributed by atoms with Crippen molar-refractivity contribution in [3.63, 3.8) is 0 Å². The van der Waals surface area contributed by atoms with Gasteiger partial charge in [0, 0.05) is 28.8 Å². The van der Waals surface area contributed by atoms with Crippen LogP contribution in [0.3, 0.4) is 0 Å². The molecule has 0 amide bonds. The zero-order chi connectivity index (χ0) is 20.3. The van der Waals surface area contributed by atoms with Crippen molar-refractivity contribution >= 4 is 37.4 Å². The van der Waals surface area contributed by atoms with Crippen LogP contribution in [-0.2, 0) is 14.8 Å². The number of hydrogen-bond acceptors (Lipinski definition) is 5. The van der Waals surface area contributed by atoms with Crippen molar-refractivity contribution in [2.45, 2.75) is 31.0 Å². The van der Waals surface area contributed by atoms with Crippen LogP contribution >= 0.6 is 15.9 Å². The van der Waals surface area contributed by atoms with Crippen molar-refractivity contribution in [3.05, 3.63) is 58.6 Å². The topological polar surface area (TPSA) is 75.7 Å². The van der Waals surface area contributed by atoms with E-state index in [-0.39, 0.29) is 29.4 Å². The Hall–Kier alpha value is -1.74. The van der Waals surface area contributed by atoms with Crippen molar-refractivity contribution < 1.29 is 17.9 Å². The number of morpholine rings is 1. The molecule has 2 unspecified atom stereocenters. The summed E-state index contributed by atoms with van der Waals surface area (Å²) in [5.41, 5.74) is 1.30. The van der Waals surface area contributed by atoms with E-state index in [4.69, 9.17) is 4.74 Å². The Kier molecular flexibility index (Phi) is 6.54. The zero-order valence-corrected chi connectivity index (χ0v) is 18.2. The summed E-state index contributed by atoms with van der Waals surface area (Å²) in [6, 6.07) is 13.6. The van der Waals surface area contributed by atoms with Gasteiger partial charge in [0.2, 0.25) is 10.0 Å². The van der Waals surface area contributed by atoms with Crippen molar-refractivity contribution in [2.75, 3.05) is 25.0 Å². The van der Waals surface area contributed by atoms with E-state index >= 15 is 0 Å². The number of nitrogens with zero attached hydrogens (tertiary/aromatic N) is 1. The second kappa shape index (κ2) is 8.73. The fourth-order valence-electron chi connectivity index (χ4n) is 3.14. The molecule has 3 rings (SSSR count). The van der Waals surface area contributed by atoms with Crippen molar-refractivity contribution in [2.24, 2.45) is 0 Å². The van der Waals surface area contributed by atoms with Gasteiger partial charge in [-0.3, -0.25) is 4.79 Å². The molecule has 1 aliphatic rings. The maximum atomic E-state index is 12.9. The van der Waals surface area contributed by atoms with E-state index in [0.717, 1.165) is 4.47 Å². The Morgan fingerprint density at radius 3 is 2.21 bits per heavy atom. The highest BCUT2D eigenvalue weighted by Gasteiger charge is 2.32. The molecule has 1 N–H and O–H groups in total. The molecule has 2 aromatic rings. The second-order valence-electron chi connectivity index (χ2n) is 6.89. The highest BCUT2D eigenvalue weighted by Crippen LogP contribution is 2.22. The Morgan fingerprint density at radius 2 is 1.64 bits per heavy atom. The first-order valence-corrected chi connectivity index (χ1v) is 11.3. The fourth-order valence-corrected chi connectivity index (χ4v) is 5.00. The smallest absolute Gasteiger partial charge is 0.243 e. The Bertz CT molecular complexity index is 920. The normalized spacial score (nSPS) is 20.7. The van der Waals surface area contributed by atoms with Crippen molar-refractivity contribution in [3.8, 4) is 0 Å². The standard InChI is InChI=1S/C20H23BrN2O4S/c1-14-12-23(13-15(2)27-14)28(25,26)19-9-7-18(8-10-19)22-11-20(24)16-3-5-17(21)6-4-16/h3-10,14-15,22H,11-13H2,1-2H3. The van der Waals surface area contributed by atoms with Gasteiger partial charge in [0.1, 0.15) is 0 Å². The summed E-state index contributed by atoms with van der Waals surface area (Å²) in [6.07, 6.45) is -0.270. The summed E-state index contributed by atoms with van der Waals surface area (Å²) in [4.78, 5) is 12.5. The molecule has 8 heteroatoms. The SMILES string of the molecule is CC1CN(S(=O)(=O)c2ccc(NCC(=O)c3ccc(Br)cc3)cc2)CC(C)O1. The second-order valence-corrected chi connectivity index (χ2v) is 9.74. The number of ketones is 1. The molecule has 1 fully saturated rings. The molecule has 0 saturated carbocycles. The van der Waals surface area contributed by atoms with E-state index in [9.17, 15) is 13.2 Å². The average Bonchev–Trinajstić information content (AvgIpc) is 2.66. The van der Waals surface area contributed by atoms with Gasteiger partial charge in [-0.15, -0.1) is 0 Å². The molecule has 0 bridgehead atoms. The molecule has 2 aromatic carbocycles. The maximum Gasteiger partial charge on any atom is 0.243 e. The van der Waals surface area contributed by atoms with Gasteiger partial charge in [-0.05, 0) is 50.2 Å². The molecule has 1 heterocycles. The van der Waals surface area contributed by atoms with Crippen LogP contribution in [-0.4, -0.2) is 50.3 Å². The molecule has 0 aliphatic carbocycles. The predicted molar refractivity (Wildman–Crippen MR) is 112 cm³/mol. The van der Waals surface area contributed by atoms with E-state index in [2.05, 4.69) is 21.2 Å². The lowest BCUT2D eigenvalue weighted by molar-refractivity contribution is -0.0440. The number of carbonyl (C=O) groups is 1. The van der Waals surface area contributed by atoms with Crippen LogP contribution in [0.4, 0.5) is 5.69 Å². The molecule has 150 valence electrons. The number of ether oxygens (including phenoxy) is 1. The third-order valence-electron chi connectivity index (χ3n) is 4.50. The Balaban J connectivity index is 1.64. The minimum Gasteiger partial charge on any atom is -0.378 e. The van der Waals surface area contributed by atoms with E-state index in [1.165, 1.54) is 4.31 Å². The van der Waals surface area contributed by atoms with Gasteiger partial charge in [-0.2, -0.15) is 4.31 Å². The van der Waals surface area contributed by atoms with Crippen LogP contribution < -0.4 is 5.32 Å². The minimum absolute atomic E-state index is 0.0412. The first-order chi connectivity index (χ1) is 13.3. The van der Waals surface area contributed by atoms with Crippen LogP contribution in [0, 0.1) is 0 Å². The van der Waals surface area contributed by atoms with Gasteiger partial charge >= 0.3 is 0 Å². The van der Waals surface area contributed by atoms with Gasteiger partial charge in [0.25, 0.3) is 0 Å². The Labute approximate surface area is 174 Å². The summed E-state index contributed by atoms with van der Waals surface area (Å²) in [5, 5.41) is 3.04. The third-order valence-corrected chi connectivity index (χ3v) is 6.87. The molecule has 6 nitrogen and oxygen atoms in total. The maximum absolute atomic E-state index is 12.9. The van der Waals surface area contributed by atoms with Crippen molar-refractivity contribution in [1.82, 2.24) is 4.31 Å². The highest BCUT2D eigenvalue weighted by molar-refractivity contribution is 9.10. The summed E-state index contributed by atoms with van der Waals surface area (Å²) in [5.74, 6) is -0.0412. The largest absolute Gasteiger partial charge is 0.378 e. The quantitative estimate of drug-likeness (QED) is 0.658. The van der Waals surface area contributed by atoms with Crippen LogP contribution in [0.1, 0.15) is 24.2 Å². The van der Waals surface area contributed by atoms with Gasteiger partial charge < -0.3 is 10.1 Å². The van der Waals surface area contributed by atoms with Gasteiger partial charge in [-0.25, -0.2) is 8.42 Å². The summed E-state index contributed by atoms with van der Waals surface area (Å²) < 4.78 is 33.7. The average molecular weight is 467 g/mol. The lowest BCUT2D eigenvalue weighted by Gasteiger charge is -2.34. The molecule has 0 radical (unpaired) electrons. The highest BCUT2D eigenvalue weighted by atomic mass is 79.9. The third kappa shape index (κ3) is 5.00. The van der Waals surface area contributed by atoms with Crippen molar-refractivity contribution in [1.29, 1.82) is 0 Å². The number of anilines is 1. The molecular weight excluding hydrogens is 444 g/mol. The number of benzene rings is 2. The first-order valence-electron chi connectivity index (χ1n) is 9.04. The van der Waals surface area contributed by atoms with E-state index in [0.29, 0.717) is 24.3 Å². The molecule has 0 aromatic heterocycles. The van der Waals surface area contributed by atoms with Crippen LogP contribution in [0.2, 0.25) is 0 Å². The van der Waals surface area contributed by atoms with E-state index in [1.807, 2.05) is 26.0 Å². The number of nitrogens with one attached hydrogen (secondary N) is 1. The molecule has 1 saturated heterocycles. The monoisotopic (exact) mass is 466 g/mol. The molecule has 0 spiro atoms. The number of hydrogen-bond donors (Lipinski definition) is 1. The fraction of sp³-hybridized carbons (Fsp3) is 0.350. The van der Waals surface area contributed by atoms with Gasteiger partial charge in [0.15, 0.2) is 5.78 Å². The summed E-state index contributed by atoms with van der Waals surface area (Å²) >= 11 is 3.34. The van der Waals surface area contributed by atoms with E-state index < -0.39 is 10.0 Å². The zero-order valence-electron chi connectivity index (χ0n) is 15.8. The van der Waals surface area contributed by atoms with E-state index in [1.54, 1.807) is 36.4 Å². The number of Topliss-reactive ketones (excluding diaryl/α,β-unsaturated/α-hetero) is 1. The summed E-state index contributed by atoms with van der Waals surface area (Å²) in [7, 11) is -3.57. The summed E-state index contributed by atoms with van der Waals surface area (Å²) in [6.45, 7) is 4.55. The molecule has 28 heavy (non-hydrogen) atoms. The minimum atomic E-state index is -3.57. The number of rotatable bonds is 6. The molecule has 1 aliphatic heterocycles. The Morgan fingerprint density at radius 1 is 1.07 bits per heavy atom. The molecule has 2 atom stereocenters. The van der Waals surface area contributed by atoms with Gasteiger partial charge in [0.05, 0.1) is 23.6 Å². The first kappa shape index (κ1) is 21.0. The van der Waals surface area contributed by atoms with Crippen LogP contribution in [0.25, 0.3) is 0 Å². The number of halogens is 1. The number of sulfonamides is 1. The van der Waals surface area contributed by atoms with Gasteiger partial charge in [-0.1, -0.05) is 28.1 Å².